The molecule has 0 aliphatic carbocycles. The fourth-order valence-electron chi connectivity index (χ4n) is 2.34. The second-order valence-corrected chi connectivity index (χ2v) is 8.19. The molecule has 0 bridgehead atoms. The third-order valence-electron chi connectivity index (χ3n) is 3.65. The largest absolute Gasteiger partial charge is 0.494 e. The van der Waals surface area contributed by atoms with Gasteiger partial charge in [-0.2, -0.15) is 0 Å². The fraction of sp³-hybridized carbons (Fsp3) is 0.450. The molecule has 5 heteroatoms. The van der Waals surface area contributed by atoms with E-state index < -0.39 is 5.60 Å². The smallest absolute Gasteiger partial charge is 0.407 e. The Labute approximate surface area is 158 Å². The summed E-state index contributed by atoms with van der Waals surface area (Å²) in [5.41, 5.74) is -0.470. The maximum absolute atomic E-state index is 11.6. The van der Waals surface area contributed by atoms with Crippen LogP contribution in [0.5, 0.6) is 5.75 Å². The number of rotatable bonds is 6. The van der Waals surface area contributed by atoms with Crippen molar-refractivity contribution in [1.82, 2.24) is 5.32 Å². The Morgan fingerprint density at radius 2 is 1.84 bits per heavy atom. The number of halogens is 1. The van der Waals surface area contributed by atoms with Crippen LogP contribution in [0.4, 0.5) is 4.79 Å². The second kappa shape index (κ2) is 8.56. The van der Waals surface area contributed by atoms with E-state index in [1.54, 1.807) is 0 Å². The van der Waals surface area contributed by atoms with Crippen LogP contribution >= 0.6 is 15.9 Å². The van der Waals surface area contributed by atoms with Crippen LogP contribution in [0.25, 0.3) is 10.8 Å². The number of fused-ring (bicyclic) bond motifs is 1. The number of alkyl carbamates (subject to hydrolysis) is 1. The summed E-state index contributed by atoms with van der Waals surface area (Å²) in [7, 11) is 0. The summed E-state index contributed by atoms with van der Waals surface area (Å²) in [6, 6.07) is 12.3. The summed E-state index contributed by atoms with van der Waals surface area (Å²) >= 11 is 3.48. The van der Waals surface area contributed by atoms with E-state index in [2.05, 4.69) is 46.4 Å². The molecule has 0 saturated heterocycles. The summed E-state index contributed by atoms with van der Waals surface area (Å²) in [6.45, 7) is 8.83. The first-order chi connectivity index (χ1) is 11.7. The molecule has 0 saturated carbocycles. The fourth-order valence-corrected chi connectivity index (χ4v) is 2.72. The molecule has 1 amide bonds. The number of carbonyl (C=O) groups excluding carboxylic acids is 1. The Morgan fingerprint density at radius 1 is 1.16 bits per heavy atom. The molecule has 1 unspecified atom stereocenters. The summed E-state index contributed by atoms with van der Waals surface area (Å²) < 4.78 is 12.1. The summed E-state index contributed by atoms with van der Waals surface area (Å²) in [4.78, 5) is 11.6. The van der Waals surface area contributed by atoms with Gasteiger partial charge in [0.1, 0.15) is 11.4 Å². The number of ether oxygens (including phenoxy) is 2. The Balaban J connectivity index is 1.74. The molecule has 2 aromatic rings. The monoisotopic (exact) mass is 407 g/mol. The highest BCUT2D eigenvalue weighted by molar-refractivity contribution is 9.10. The summed E-state index contributed by atoms with van der Waals surface area (Å²) in [5.74, 6) is 1.17. The number of hydrogen-bond donors (Lipinski definition) is 1. The van der Waals surface area contributed by atoms with Crippen LogP contribution in [-0.2, 0) is 4.74 Å². The number of nitrogens with one attached hydrogen (secondary N) is 1. The van der Waals surface area contributed by atoms with Crippen molar-refractivity contribution in [2.24, 2.45) is 5.92 Å². The van der Waals surface area contributed by atoms with Crippen LogP contribution in [0, 0.1) is 5.92 Å². The molecule has 1 N–H and O–H groups in total. The molecule has 4 nitrogen and oxygen atoms in total. The van der Waals surface area contributed by atoms with Gasteiger partial charge in [0.05, 0.1) is 6.61 Å². The van der Waals surface area contributed by atoms with Crippen molar-refractivity contribution in [3.05, 3.63) is 40.9 Å². The number of carbonyl (C=O) groups is 1. The minimum atomic E-state index is -0.470. The quantitative estimate of drug-likeness (QED) is 0.684. The Hall–Kier alpha value is -1.75. The van der Waals surface area contributed by atoms with E-state index in [0.29, 0.717) is 19.1 Å². The lowest BCUT2D eigenvalue weighted by Crippen LogP contribution is -2.35. The zero-order chi connectivity index (χ0) is 18.4. The molecule has 0 heterocycles. The average Bonchev–Trinajstić information content (AvgIpc) is 2.51. The standard InChI is InChI=1S/C20H26BrNO3/c1-14(13-22-19(23)25-20(2,3)4)9-10-24-18-8-6-15-11-17(21)7-5-16(15)12-18/h5-8,11-12,14H,9-10,13H2,1-4H3,(H,22,23). The van der Waals surface area contributed by atoms with E-state index in [1.807, 2.05) is 39.0 Å². The van der Waals surface area contributed by atoms with Crippen LogP contribution in [0.3, 0.4) is 0 Å². The van der Waals surface area contributed by atoms with Crippen molar-refractivity contribution in [3.8, 4) is 5.75 Å². The summed E-state index contributed by atoms with van der Waals surface area (Å²) in [6.07, 6.45) is 0.481. The van der Waals surface area contributed by atoms with Crippen molar-refractivity contribution >= 4 is 32.8 Å². The van der Waals surface area contributed by atoms with Gasteiger partial charge in [-0.1, -0.05) is 35.0 Å². The van der Waals surface area contributed by atoms with Crippen LogP contribution in [-0.4, -0.2) is 24.8 Å². The molecule has 2 rings (SSSR count). The SMILES string of the molecule is CC(CCOc1ccc2cc(Br)ccc2c1)CNC(=O)OC(C)(C)C. The van der Waals surface area contributed by atoms with Gasteiger partial charge in [-0.25, -0.2) is 4.79 Å². The third-order valence-corrected chi connectivity index (χ3v) is 4.14. The van der Waals surface area contributed by atoms with Crippen molar-refractivity contribution in [1.29, 1.82) is 0 Å². The van der Waals surface area contributed by atoms with Gasteiger partial charge in [-0.3, -0.25) is 0 Å². The van der Waals surface area contributed by atoms with Gasteiger partial charge in [0, 0.05) is 11.0 Å². The number of hydrogen-bond acceptors (Lipinski definition) is 3. The Morgan fingerprint density at radius 3 is 2.56 bits per heavy atom. The molecule has 25 heavy (non-hydrogen) atoms. The minimum Gasteiger partial charge on any atom is -0.494 e. The predicted octanol–water partition coefficient (Wildman–Crippen LogP) is 5.53. The Kier molecular flexibility index (Phi) is 6.71. The Bertz CT molecular complexity index is 724. The van der Waals surface area contributed by atoms with E-state index in [-0.39, 0.29) is 6.09 Å². The highest BCUT2D eigenvalue weighted by atomic mass is 79.9. The molecule has 136 valence electrons. The van der Waals surface area contributed by atoms with Crippen molar-refractivity contribution in [3.63, 3.8) is 0 Å². The van der Waals surface area contributed by atoms with Crippen molar-refractivity contribution in [2.45, 2.75) is 39.7 Å². The van der Waals surface area contributed by atoms with Crippen LogP contribution in [0.2, 0.25) is 0 Å². The van der Waals surface area contributed by atoms with Crippen molar-refractivity contribution in [2.75, 3.05) is 13.2 Å². The maximum Gasteiger partial charge on any atom is 0.407 e. The molecule has 1 atom stereocenters. The van der Waals surface area contributed by atoms with Crippen LogP contribution in [0.1, 0.15) is 34.1 Å². The molecule has 0 spiro atoms. The molecular formula is C20H26BrNO3. The normalized spacial score (nSPS) is 12.7. The van der Waals surface area contributed by atoms with Gasteiger partial charge in [0.15, 0.2) is 0 Å². The zero-order valence-corrected chi connectivity index (χ0v) is 16.9. The number of benzene rings is 2. The van der Waals surface area contributed by atoms with Crippen LogP contribution in [0.15, 0.2) is 40.9 Å². The first-order valence-electron chi connectivity index (χ1n) is 8.52. The van der Waals surface area contributed by atoms with Gasteiger partial charge in [0.2, 0.25) is 0 Å². The predicted molar refractivity (Wildman–Crippen MR) is 105 cm³/mol. The maximum atomic E-state index is 11.6. The molecule has 0 aliphatic rings. The molecule has 0 radical (unpaired) electrons. The minimum absolute atomic E-state index is 0.309. The van der Waals surface area contributed by atoms with Gasteiger partial charge < -0.3 is 14.8 Å². The summed E-state index contributed by atoms with van der Waals surface area (Å²) in [5, 5.41) is 5.13. The van der Waals surface area contributed by atoms with E-state index >= 15 is 0 Å². The highest BCUT2D eigenvalue weighted by Gasteiger charge is 2.16. The molecule has 0 aliphatic heterocycles. The lowest BCUT2D eigenvalue weighted by molar-refractivity contribution is 0.0518. The first-order valence-corrected chi connectivity index (χ1v) is 9.31. The number of amides is 1. The second-order valence-electron chi connectivity index (χ2n) is 7.28. The van der Waals surface area contributed by atoms with E-state index in [1.165, 1.54) is 5.39 Å². The molecule has 0 fully saturated rings. The molecular weight excluding hydrogens is 382 g/mol. The zero-order valence-electron chi connectivity index (χ0n) is 15.3. The highest BCUT2D eigenvalue weighted by Crippen LogP contribution is 2.24. The van der Waals surface area contributed by atoms with Gasteiger partial charge in [-0.15, -0.1) is 0 Å². The molecule has 0 aromatic heterocycles. The van der Waals surface area contributed by atoms with E-state index in [4.69, 9.17) is 9.47 Å². The van der Waals surface area contributed by atoms with Gasteiger partial charge >= 0.3 is 6.09 Å². The van der Waals surface area contributed by atoms with Crippen LogP contribution < -0.4 is 10.1 Å². The van der Waals surface area contributed by atoms with Gasteiger partial charge in [0.25, 0.3) is 0 Å². The average molecular weight is 408 g/mol. The van der Waals surface area contributed by atoms with Gasteiger partial charge in [-0.05, 0) is 68.1 Å². The van der Waals surface area contributed by atoms with E-state index in [0.717, 1.165) is 22.0 Å². The van der Waals surface area contributed by atoms with Crippen molar-refractivity contribution < 1.29 is 14.3 Å². The topological polar surface area (TPSA) is 47.6 Å². The lowest BCUT2D eigenvalue weighted by Gasteiger charge is -2.20. The molecule has 2 aromatic carbocycles. The first kappa shape index (κ1) is 19.6. The third kappa shape index (κ3) is 6.94. The lowest BCUT2D eigenvalue weighted by atomic mass is 10.1. The van der Waals surface area contributed by atoms with E-state index in [9.17, 15) is 4.79 Å².